The third-order valence-electron chi connectivity index (χ3n) is 2.24. The second kappa shape index (κ2) is 7.10. The molecule has 5 nitrogen and oxygen atoms in total. The third-order valence-corrected chi connectivity index (χ3v) is 4.25. The second-order valence-electron chi connectivity index (χ2n) is 3.53. The predicted molar refractivity (Wildman–Crippen MR) is 72.6 cm³/mol. The topological polar surface area (TPSA) is 79.5 Å². The van der Waals surface area contributed by atoms with Crippen LogP contribution in [0.1, 0.15) is 19.4 Å². The van der Waals surface area contributed by atoms with Crippen LogP contribution in [0, 0.1) is 11.3 Å². The van der Waals surface area contributed by atoms with Crippen LogP contribution in [0.4, 0.5) is 0 Å². The fraction of sp³-hybridized carbons (Fsp3) is 0.308. The Morgan fingerprint density at radius 2 is 1.95 bits per heavy atom. The van der Waals surface area contributed by atoms with E-state index in [2.05, 4.69) is 0 Å². The lowest BCUT2D eigenvalue weighted by Crippen LogP contribution is -1.97. The molecule has 1 aromatic rings. The Balaban J connectivity index is 3.22. The van der Waals surface area contributed by atoms with Crippen LogP contribution in [-0.2, 0) is 13.6 Å². The molecule has 0 spiro atoms. The van der Waals surface area contributed by atoms with Crippen molar-refractivity contribution in [3.05, 3.63) is 35.1 Å². The number of phenols is 1. The lowest BCUT2D eigenvalue weighted by Gasteiger charge is -2.15. The quantitative estimate of drug-likeness (QED) is 0.637. The van der Waals surface area contributed by atoms with Gasteiger partial charge in [-0.3, -0.25) is 4.57 Å². The van der Waals surface area contributed by atoms with Crippen LogP contribution in [0.15, 0.2) is 29.6 Å². The molecular formula is C13H16NO4P. The summed E-state index contributed by atoms with van der Waals surface area (Å²) in [5, 5.41) is 18.7. The van der Waals surface area contributed by atoms with Crippen molar-refractivity contribution in [1.29, 1.82) is 5.26 Å². The van der Waals surface area contributed by atoms with Gasteiger partial charge in [0.05, 0.1) is 13.2 Å². The Kier molecular flexibility index (Phi) is 5.78. The molecule has 0 fully saturated rings. The van der Waals surface area contributed by atoms with Crippen molar-refractivity contribution in [1.82, 2.24) is 0 Å². The number of hydrogen-bond donors (Lipinski definition) is 1. The van der Waals surface area contributed by atoms with Crippen LogP contribution < -0.4 is 0 Å². The van der Waals surface area contributed by atoms with Gasteiger partial charge in [-0.1, -0.05) is 18.2 Å². The molecule has 0 amide bonds. The number of nitrogens with zero attached hydrogens (tertiary/aromatic N) is 1. The predicted octanol–water partition coefficient (Wildman–Crippen LogP) is 3.52. The van der Waals surface area contributed by atoms with Gasteiger partial charge in [0.2, 0.25) is 0 Å². The standard InChI is InChI=1S/C13H16NO4P/c1-3-17-19(16,18-4-2)12(10-14)9-11-7-5-6-8-13(11)15/h5-9,15H,3-4H2,1-2H3/b12-9-. The number of aromatic hydroxyl groups is 1. The van der Waals surface area contributed by atoms with Gasteiger partial charge >= 0.3 is 7.60 Å². The highest BCUT2D eigenvalue weighted by Crippen LogP contribution is 2.56. The summed E-state index contributed by atoms with van der Waals surface area (Å²) in [5.74, 6) is -0.00482. The van der Waals surface area contributed by atoms with Gasteiger partial charge in [0, 0.05) is 5.56 Å². The van der Waals surface area contributed by atoms with E-state index in [1.54, 1.807) is 32.0 Å². The van der Waals surface area contributed by atoms with Crippen molar-refractivity contribution in [2.45, 2.75) is 13.8 Å². The molecule has 0 saturated heterocycles. The van der Waals surface area contributed by atoms with Gasteiger partial charge in [-0.25, -0.2) is 0 Å². The van der Waals surface area contributed by atoms with E-state index < -0.39 is 7.60 Å². The Hall–Kier alpha value is -1.60. The first kappa shape index (κ1) is 15.5. The summed E-state index contributed by atoms with van der Waals surface area (Å²) in [6.07, 6.45) is 1.32. The molecule has 102 valence electrons. The zero-order valence-electron chi connectivity index (χ0n) is 10.9. The summed E-state index contributed by atoms with van der Waals surface area (Å²) in [5.41, 5.74) is 0.388. The molecule has 19 heavy (non-hydrogen) atoms. The van der Waals surface area contributed by atoms with Crippen LogP contribution >= 0.6 is 7.60 Å². The summed E-state index contributed by atoms with van der Waals surface area (Å²) in [6, 6.07) is 8.27. The van der Waals surface area contributed by atoms with E-state index in [0.29, 0.717) is 5.56 Å². The SMILES string of the molecule is CCOP(=O)(OCC)/C(C#N)=C\c1ccccc1O. The summed E-state index contributed by atoms with van der Waals surface area (Å²) < 4.78 is 22.6. The van der Waals surface area contributed by atoms with Crippen LogP contribution in [-0.4, -0.2) is 18.3 Å². The van der Waals surface area contributed by atoms with Crippen LogP contribution in [0.25, 0.3) is 6.08 Å². The van der Waals surface area contributed by atoms with Gasteiger partial charge in [-0.05, 0) is 26.0 Å². The molecule has 6 heteroatoms. The first-order valence-electron chi connectivity index (χ1n) is 5.86. The van der Waals surface area contributed by atoms with E-state index in [0.717, 1.165) is 0 Å². The average molecular weight is 281 g/mol. The molecular weight excluding hydrogens is 265 g/mol. The monoisotopic (exact) mass is 281 g/mol. The highest BCUT2D eigenvalue weighted by atomic mass is 31.2. The molecule has 1 N–H and O–H groups in total. The Morgan fingerprint density at radius 1 is 1.37 bits per heavy atom. The van der Waals surface area contributed by atoms with Crippen molar-refractivity contribution in [3.63, 3.8) is 0 Å². The average Bonchev–Trinajstić information content (AvgIpc) is 2.38. The number of nitriles is 1. The van der Waals surface area contributed by atoms with E-state index in [-0.39, 0.29) is 24.3 Å². The molecule has 0 unspecified atom stereocenters. The summed E-state index contributed by atoms with van der Waals surface area (Å²) in [6.45, 7) is 3.66. The van der Waals surface area contributed by atoms with Gasteiger partial charge in [0.1, 0.15) is 17.1 Å². The molecule has 0 heterocycles. The summed E-state index contributed by atoms with van der Waals surface area (Å²) in [4.78, 5) is 0. The number of para-hydroxylation sites is 1. The molecule has 0 aromatic heterocycles. The van der Waals surface area contributed by atoms with Crippen molar-refractivity contribution in [3.8, 4) is 11.8 Å². The van der Waals surface area contributed by atoms with E-state index in [4.69, 9.17) is 14.3 Å². The molecule has 0 aliphatic rings. The maximum absolute atomic E-state index is 12.4. The number of benzene rings is 1. The summed E-state index contributed by atoms with van der Waals surface area (Å²) in [7, 11) is -3.63. The number of allylic oxidation sites excluding steroid dienone is 1. The van der Waals surface area contributed by atoms with Crippen molar-refractivity contribution in [2.75, 3.05) is 13.2 Å². The van der Waals surface area contributed by atoms with Crippen molar-refractivity contribution < 1.29 is 18.7 Å². The fourth-order valence-corrected chi connectivity index (χ4v) is 2.90. The molecule has 0 atom stereocenters. The minimum absolute atomic E-state index is 0.00482. The number of hydrogen-bond acceptors (Lipinski definition) is 5. The van der Waals surface area contributed by atoms with Gasteiger partial charge in [-0.15, -0.1) is 0 Å². The Morgan fingerprint density at radius 3 is 2.42 bits per heavy atom. The largest absolute Gasteiger partial charge is 0.507 e. The normalized spacial score (nSPS) is 12.2. The third kappa shape index (κ3) is 3.93. The van der Waals surface area contributed by atoms with Gasteiger partial charge in [0.15, 0.2) is 0 Å². The second-order valence-corrected chi connectivity index (χ2v) is 5.53. The van der Waals surface area contributed by atoms with Crippen molar-refractivity contribution >= 4 is 13.7 Å². The molecule has 1 aromatic carbocycles. The zero-order chi connectivity index (χ0) is 14.3. The molecule has 0 radical (unpaired) electrons. The molecule has 0 bridgehead atoms. The summed E-state index contributed by atoms with van der Waals surface area (Å²) >= 11 is 0. The van der Waals surface area contributed by atoms with Gasteiger partial charge in [0.25, 0.3) is 0 Å². The first-order valence-corrected chi connectivity index (χ1v) is 7.41. The van der Waals surface area contributed by atoms with E-state index in [1.165, 1.54) is 12.1 Å². The Labute approximate surface area is 112 Å². The van der Waals surface area contributed by atoms with E-state index in [1.807, 2.05) is 6.07 Å². The first-order chi connectivity index (χ1) is 9.07. The smallest absolute Gasteiger partial charge is 0.371 e. The number of phenolic OH excluding ortho intramolecular Hbond substituents is 1. The lowest BCUT2D eigenvalue weighted by atomic mass is 10.2. The minimum atomic E-state index is -3.63. The minimum Gasteiger partial charge on any atom is -0.507 e. The van der Waals surface area contributed by atoms with E-state index >= 15 is 0 Å². The highest BCUT2D eigenvalue weighted by Gasteiger charge is 2.30. The van der Waals surface area contributed by atoms with Crippen LogP contribution in [0.2, 0.25) is 0 Å². The Bertz CT molecular complexity index is 538. The molecule has 0 aliphatic heterocycles. The van der Waals surface area contributed by atoms with Crippen LogP contribution in [0.5, 0.6) is 5.75 Å². The van der Waals surface area contributed by atoms with Crippen LogP contribution in [0.3, 0.4) is 0 Å². The zero-order valence-corrected chi connectivity index (χ0v) is 11.8. The fourth-order valence-electron chi connectivity index (χ4n) is 1.45. The molecule has 1 rings (SSSR count). The van der Waals surface area contributed by atoms with Gasteiger partial charge < -0.3 is 14.2 Å². The van der Waals surface area contributed by atoms with Gasteiger partial charge in [-0.2, -0.15) is 5.26 Å². The molecule has 0 saturated carbocycles. The maximum Gasteiger partial charge on any atom is 0.371 e. The maximum atomic E-state index is 12.4. The van der Waals surface area contributed by atoms with Crippen molar-refractivity contribution in [2.24, 2.45) is 0 Å². The van der Waals surface area contributed by atoms with E-state index in [9.17, 15) is 9.67 Å². The lowest BCUT2D eigenvalue weighted by molar-refractivity contribution is 0.227. The number of rotatable bonds is 6. The highest BCUT2D eigenvalue weighted by molar-refractivity contribution is 7.59. The molecule has 0 aliphatic carbocycles.